The van der Waals surface area contributed by atoms with Gasteiger partial charge in [0.25, 0.3) is 11.8 Å². The number of alkyl halides is 2. The molecule has 42 heavy (non-hydrogen) atoms. The zero-order valence-corrected chi connectivity index (χ0v) is 27.2. The normalized spacial score (nSPS) is 25.0. The zero-order chi connectivity index (χ0) is 31.6. The number of carbonyl (C=O) groups excluding carboxylic acids is 2. The quantitative estimate of drug-likeness (QED) is 0.111. The average molecular weight is 672 g/mol. The van der Waals surface area contributed by atoms with E-state index in [9.17, 15) is 14.7 Å². The van der Waals surface area contributed by atoms with Gasteiger partial charge in [0.05, 0.1) is 25.6 Å². The van der Waals surface area contributed by atoms with Gasteiger partial charge in [-0.05, 0) is 32.6 Å². The highest BCUT2D eigenvalue weighted by Crippen LogP contribution is 2.49. The standard InChI is InChI=1S/C23H36ClFN7O7PS2/c1-11(2)38-18(34)12(3)31-40(41,36-7-8-42-20(35)22(4,5)6)37-9-13-15(33)23(24,25)19(39-13)32-10-28-14-16(26)29-21(27)30-17(14)32/h10-13,15,19,33H,7-9H2,1-6H3,(H,31,41)(H4,26,27,29,30)/t12?,13-,15-,19-,23-,40?/m1/s1. The van der Waals surface area contributed by atoms with Gasteiger partial charge in [-0.3, -0.25) is 14.2 Å². The number of esters is 1. The third-order valence-corrected chi connectivity index (χ3v) is 10.1. The van der Waals surface area contributed by atoms with Crippen molar-refractivity contribution in [1.82, 2.24) is 24.6 Å². The number of hydrogen-bond acceptors (Lipinski definition) is 14. The highest BCUT2D eigenvalue weighted by atomic mass is 35.5. The molecule has 1 fully saturated rings. The van der Waals surface area contributed by atoms with Crippen LogP contribution in [0.2, 0.25) is 0 Å². The predicted molar refractivity (Wildman–Crippen MR) is 161 cm³/mol. The maximum Gasteiger partial charge on any atom is 0.323 e. The number of aliphatic hydroxyl groups is 1. The Bertz CT molecular complexity index is 1350. The molecule has 6 N–H and O–H groups in total. The highest BCUT2D eigenvalue weighted by molar-refractivity contribution is 8.13. The first-order valence-corrected chi connectivity index (χ1v) is 16.9. The summed E-state index contributed by atoms with van der Waals surface area (Å²) < 4.78 is 39.5. The molecule has 0 amide bonds. The van der Waals surface area contributed by atoms with Crippen LogP contribution in [0.5, 0.6) is 0 Å². The molecule has 19 heteroatoms. The molecule has 3 rings (SSSR count). The van der Waals surface area contributed by atoms with Gasteiger partial charge in [-0.15, -0.1) is 0 Å². The molecule has 1 aliphatic rings. The number of nitrogens with two attached hydrogens (primary N) is 2. The molecule has 0 spiro atoms. The molecule has 2 aromatic heterocycles. The van der Waals surface area contributed by atoms with Crippen molar-refractivity contribution in [3.63, 3.8) is 0 Å². The van der Waals surface area contributed by atoms with Crippen LogP contribution in [-0.2, 0) is 39.9 Å². The molecule has 2 unspecified atom stereocenters. The van der Waals surface area contributed by atoms with Gasteiger partial charge in [0.2, 0.25) is 5.95 Å². The largest absolute Gasteiger partial charge is 0.462 e. The fourth-order valence-corrected chi connectivity index (χ4v) is 7.21. The monoisotopic (exact) mass is 671 g/mol. The number of imidazole rings is 1. The zero-order valence-electron chi connectivity index (χ0n) is 23.9. The number of anilines is 2. The number of nitrogens with one attached hydrogen (secondary N) is 1. The molecule has 0 bridgehead atoms. The van der Waals surface area contributed by atoms with E-state index in [1.807, 2.05) is 0 Å². The van der Waals surface area contributed by atoms with Gasteiger partial charge in [-0.1, -0.05) is 44.1 Å². The lowest BCUT2D eigenvalue weighted by Crippen LogP contribution is -2.39. The van der Waals surface area contributed by atoms with Crippen molar-refractivity contribution in [2.24, 2.45) is 5.41 Å². The summed E-state index contributed by atoms with van der Waals surface area (Å²) in [7, 11) is 0. The Balaban J connectivity index is 1.76. The highest BCUT2D eigenvalue weighted by Gasteiger charge is 2.58. The number of halogens is 2. The van der Waals surface area contributed by atoms with E-state index in [1.54, 1.807) is 34.6 Å². The lowest BCUT2D eigenvalue weighted by atomic mass is 10.00. The van der Waals surface area contributed by atoms with Crippen LogP contribution in [0.25, 0.3) is 11.2 Å². The van der Waals surface area contributed by atoms with E-state index in [0.717, 1.165) is 16.3 Å². The fourth-order valence-electron chi connectivity index (χ4n) is 3.65. The van der Waals surface area contributed by atoms with Gasteiger partial charge in [0.15, 0.2) is 22.8 Å². The maximum absolute atomic E-state index is 15.7. The summed E-state index contributed by atoms with van der Waals surface area (Å²) in [6.45, 7) is 6.31. The summed E-state index contributed by atoms with van der Waals surface area (Å²) >= 11 is 12.8. The minimum Gasteiger partial charge on any atom is -0.462 e. The van der Waals surface area contributed by atoms with E-state index in [2.05, 4.69) is 20.0 Å². The molecular weight excluding hydrogens is 636 g/mol. The SMILES string of the molecule is CC(C)OC(=O)C(C)NP(=S)(OCCSC(=O)C(C)(C)C)OC[C@H]1O[C@@H](n2cnc3c(N)nc(N)nc32)[C@@](F)(Cl)[C@@H]1O. The number of ether oxygens (including phenoxy) is 2. The van der Waals surface area contributed by atoms with Gasteiger partial charge in [0.1, 0.15) is 23.8 Å². The molecule has 0 aromatic carbocycles. The smallest absolute Gasteiger partial charge is 0.323 e. The van der Waals surface area contributed by atoms with E-state index >= 15 is 4.39 Å². The number of aromatic nitrogens is 4. The van der Waals surface area contributed by atoms with Crippen molar-refractivity contribution >= 4 is 75.8 Å². The van der Waals surface area contributed by atoms with Crippen LogP contribution in [0, 0.1) is 5.41 Å². The topological polar surface area (TPSA) is 199 Å². The number of hydrogen-bond donors (Lipinski definition) is 4. The van der Waals surface area contributed by atoms with Crippen LogP contribution < -0.4 is 16.6 Å². The first-order chi connectivity index (χ1) is 19.4. The summed E-state index contributed by atoms with van der Waals surface area (Å²) in [5, 5.41) is 10.7. The predicted octanol–water partition coefficient (Wildman–Crippen LogP) is 2.65. The Hall–Kier alpha value is -1.69. The number of aliphatic hydroxyl groups excluding tert-OH is 1. The summed E-state index contributed by atoms with van der Waals surface area (Å²) in [5.41, 5.74) is 11.1. The molecule has 0 radical (unpaired) electrons. The van der Waals surface area contributed by atoms with Crippen molar-refractivity contribution < 1.29 is 37.6 Å². The van der Waals surface area contributed by atoms with Gasteiger partial charge >= 0.3 is 5.97 Å². The minimum absolute atomic E-state index is 0.00839. The summed E-state index contributed by atoms with van der Waals surface area (Å²) in [5.74, 6) is -0.566. The number of rotatable bonds is 12. The Morgan fingerprint density at radius 2 is 2.00 bits per heavy atom. The van der Waals surface area contributed by atoms with Crippen molar-refractivity contribution in [2.75, 3.05) is 30.4 Å². The van der Waals surface area contributed by atoms with E-state index in [4.69, 9.17) is 53.4 Å². The van der Waals surface area contributed by atoms with Gasteiger partial charge in [-0.25, -0.2) is 14.5 Å². The van der Waals surface area contributed by atoms with Crippen LogP contribution in [0.3, 0.4) is 0 Å². The number of carbonyl (C=O) groups is 2. The van der Waals surface area contributed by atoms with Gasteiger partial charge < -0.3 is 35.1 Å². The molecule has 3 heterocycles. The molecule has 14 nitrogen and oxygen atoms in total. The lowest BCUT2D eigenvalue weighted by Gasteiger charge is -2.28. The third-order valence-electron chi connectivity index (χ3n) is 5.75. The summed E-state index contributed by atoms with van der Waals surface area (Å²) in [6, 6.07) is -0.939. The molecule has 236 valence electrons. The molecule has 2 aromatic rings. The van der Waals surface area contributed by atoms with E-state index < -0.39 is 54.2 Å². The lowest BCUT2D eigenvalue weighted by molar-refractivity contribution is -0.149. The second-order valence-electron chi connectivity index (χ2n) is 10.8. The number of thioether (sulfide) groups is 1. The van der Waals surface area contributed by atoms with Gasteiger partial charge in [-0.2, -0.15) is 9.97 Å². The fraction of sp³-hybridized carbons (Fsp3) is 0.696. The van der Waals surface area contributed by atoms with Crippen molar-refractivity contribution in [2.45, 2.75) is 77.3 Å². The maximum atomic E-state index is 15.7. The number of nitrogens with zero attached hydrogens (tertiary/aromatic N) is 4. The number of fused-ring (bicyclic) bond motifs is 1. The second kappa shape index (κ2) is 13.5. The Morgan fingerprint density at radius 1 is 1.33 bits per heavy atom. The van der Waals surface area contributed by atoms with E-state index in [1.165, 1.54) is 13.3 Å². The first kappa shape index (κ1) is 34.8. The molecule has 1 saturated heterocycles. The van der Waals surface area contributed by atoms with Crippen LogP contribution in [0.1, 0.15) is 47.8 Å². The average Bonchev–Trinajstić information content (AvgIpc) is 3.37. The minimum atomic E-state index is -3.50. The van der Waals surface area contributed by atoms with Crippen molar-refractivity contribution in [3.8, 4) is 0 Å². The van der Waals surface area contributed by atoms with Crippen LogP contribution in [-0.4, -0.2) is 84.2 Å². The third kappa shape index (κ3) is 8.27. The van der Waals surface area contributed by atoms with Crippen molar-refractivity contribution in [1.29, 1.82) is 0 Å². The molecule has 1 aliphatic heterocycles. The molecule has 0 aliphatic carbocycles. The van der Waals surface area contributed by atoms with Crippen LogP contribution >= 0.6 is 30.0 Å². The summed E-state index contributed by atoms with van der Waals surface area (Å²) in [6.07, 6.45) is -4.05. The van der Waals surface area contributed by atoms with Crippen LogP contribution in [0.15, 0.2) is 6.33 Å². The number of nitrogen functional groups attached to an aromatic ring is 2. The van der Waals surface area contributed by atoms with Crippen LogP contribution in [0.4, 0.5) is 16.2 Å². The first-order valence-electron chi connectivity index (χ1n) is 12.9. The molecule has 6 atom stereocenters. The molecule has 0 saturated carbocycles. The second-order valence-corrected chi connectivity index (χ2v) is 15.6. The Labute approximate surface area is 256 Å². The Kier molecular flexibility index (Phi) is 11.2. The molecular formula is C23H36ClFN7O7PS2. The Morgan fingerprint density at radius 3 is 2.62 bits per heavy atom. The summed E-state index contributed by atoms with van der Waals surface area (Å²) in [4.78, 5) is 36.6. The van der Waals surface area contributed by atoms with E-state index in [0.29, 0.717) is 0 Å². The van der Waals surface area contributed by atoms with E-state index in [-0.39, 0.29) is 46.5 Å². The van der Waals surface area contributed by atoms with Gasteiger partial charge in [0, 0.05) is 11.2 Å². The van der Waals surface area contributed by atoms with Crippen molar-refractivity contribution in [3.05, 3.63) is 6.33 Å².